The van der Waals surface area contributed by atoms with Gasteiger partial charge in [-0.3, -0.25) is 9.59 Å². The fourth-order valence-corrected chi connectivity index (χ4v) is 2.53. The summed E-state index contributed by atoms with van der Waals surface area (Å²) in [7, 11) is 0. The van der Waals surface area contributed by atoms with E-state index in [2.05, 4.69) is 36.5 Å². The number of unbranched alkanes of at least 4 members (excludes halogenated alkanes) is 9. The van der Waals surface area contributed by atoms with Crippen LogP contribution in [0.5, 0.6) is 0 Å². The molecule has 0 spiro atoms. The Morgan fingerprint density at radius 3 is 1.92 bits per heavy atom. The topological polar surface area (TPSA) is 46.2 Å². The van der Waals surface area contributed by atoms with Crippen molar-refractivity contribution in [1.82, 2.24) is 5.32 Å². The van der Waals surface area contributed by atoms with Gasteiger partial charge in [0.15, 0.2) is 5.78 Å². The van der Waals surface area contributed by atoms with Gasteiger partial charge in [0.25, 0.3) is 0 Å². The molecule has 1 N–H and O–H groups in total. The van der Waals surface area contributed by atoms with Crippen LogP contribution >= 0.6 is 0 Å². The van der Waals surface area contributed by atoms with Crippen LogP contribution in [-0.4, -0.2) is 17.7 Å². The van der Waals surface area contributed by atoms with Crippen molar-refractivity contribution in [2.45, 2.75) is 104 Å². The molecule has 0 rings (SSSR count). The maximum atomic E-state index is 11.6. The van der Waals surface area contributed by atoms with Crippen molar-refractivity contribution in [2.75, 3.05) is 0 Å². The first-order valence-electron chi connectivity index (χ1n) is 10.2. The highest BCUT2D eigenvalue weighted by Gasteiger charge is 2.10. The maximum absolute atomic E-state index is 11.6. The third-order valence-electron chi connectivity index (χ3n) is 4.37. The van der Waals surface area contributed by atoms with Crippen LogP contribution in [0.1, 0.15) is 97.8 Å². The molecular formula is C22H39NO2. The summed E-state index contributed by atoms with van der Waals surface area (Å²) < 4.78 is 0. The van der Waals surface area contributed by atoms with E-state index in [-0.39, 0.29) is 17.7 Å². The quantitative estimate of drug-likeness (QED) is 0.279. The molecule has 0 aromatic rings. The average molecular weight is 350 g/mol. The molecule has 144 valence electrons. The van der Waals surface area contributed by atoms with Crippen LogP contribution in [0.3, 0.4) is 0 Å². The minimum atomic E-state index is -0.355. The number of ketones is 1. The Morgan fingerprint density at radius 2 is 1.36 bits per heavy atom. The number of hydrogen-bond donors (Lipinski definition) is 1. The number of nitrogens with one attached hydrogen (secondary N) is 1. The Morgan fingerprint density at radius 1 is 0.840 bits per heavy atom. The van der Waals surface area contributed by atoms with E-state index < -0.39 is 0 Å². The van der Waals surface area contributed by atoms with Crippen molar-refractivity contribution in [3.8, 4) is 0 Å². The number of hydrogen-bond acceptors (Lipinski definition) is 2. The van der Waals surface area contributed by atoms with E-state index in [1.807, 2.05) is 0 Å². The summed E-state index contributed by atoms with van der Waals surface area (Å²) in [6.07, 6.45) is 22.6. The van der Waals surface area contributed by atoms with Crippen molar-refractivity contribution < 1.29 is 9.59 Å². The zero-order valence-corrected chi connectivity index (χ0v) is 16.7. The number of rotatable bonds is 16. The molecule has 1 unspecified atom stereocenters. The van der Waals surface area contributed by atoms with Crippen LogP contribution in [0.2, 0.25) is 0 Å². The summed E-state index contributed by atoms with van der Waals surface area (Å²) in [5.74, 6) is 0.00460. The molecule has 25 heavy (non-hydrogen) atoms. The lowest BCUT2D eigenvalue weighted by Gasteiger charge is -2.10. The molecule has 0 aliphatic heterocycles. The summed E-state index contributed by atoms with van der Waals surface area (Å²) >= 11 is 0. The molecule has 0 aromatic heterocycles. The van der Waals surface area contributed by atoms with Crippen LogP contribution in [0.25, 0.3) is 0 Å². The van der Waals surface area contributed by atoms with Gasteiger partial charge in [0.05, 0.1) is 6.04 Å². The molecule has 0 saturated heterocycles. The van der Waals surface area contributed by atoms with E-state index in [4.69, 9.17) is 0 Å². The van der Waals surface area contributed by atoms with Crippen molar-refractivity contribution in [1.29, 1.82) is 0 Å². The minimum absolute atomic E-state index is 0.00409. The van der Waals surface area contributed by atoms with Gasteiger partial charge in [0.2, 0.25) is 5.91 Å². The van der Waals surface area contributed by atoms with Crippen LogP contribution < -0.4 is 5.32 Å². The number of allylic oxidation sites excluding steroid dienone is 4. The van der Waals surface area contributed by atoms with Gasteiger partial charge in [-0.15, -0.1) is 0 Å². The molecule has 0 aromatic carbocycles. The normalized spacial score (nSPS) is 12.8. The second-order valence-electron chi connectivity index (χ2n) is 6.91. The Hall–Kier alpha value is -1.38. The van der Waals surface area contributed by atoms with Crippen LogP contribution in [0.4, 0.5) is 0 Å². The number of carbonyl (C=O) groups is 2. The third kappa shape index (κ3) is 17.2. The molecule has 0 heterocycles. The summed E-state index contributed by atoms with van der Waals surface area (Å²) in [5, 5.41) is 2.73. The highest BCUT2D eigenvalue weighted by molar-refractivity contribution is 5.86. The lowest BCUT2D eigenvalue weighted by atomic mass is 10.1. The molecule has 0 fully saturated rings. The SMILES string of the molecule is CCCCC/C=C\C=C\CCCCCCCCC(=O)NC(C)C(C)=O. The van der Waals surface area contributed by atoms with Crippen molar-refractivity contribution in [2.24, 2.45) is 0 Å². The van der Waals surface area contributed by atoms with Gasteiger partial charge in [-0.2, -0.15) is 0 Å². The first-order valence-corrected chi connectivity index (χ1v) is 10.2. The molecule has 0 aliphatic rings. The molecule has 1 amide bonds. The largest absolute Gasteiger partial charge is 0.347 e. The zero-order chi connectivity index (χ0) is 18.8. The van der Waals surface area contributed by atoms with Gasteiger partial charge in [-0.1, -0.05) is 69.8 Å². The highest BCUT2D eigenvalue weighted by Crippen LogP contribution is 2.09. The van der Waals surface area contributed by atoms with Crippen LogP contribution in [-0.2, 0) is 9.59 Å². The maximum Gasteiger partial charge on any atom is 0.220 e. The predicted molar refractivity (Wildman–Crippen MR) is 108 cm³/mol. The first kappa shape index (κ1) is 23.6. The van der Waals surface area contributed by atoms with E-state index in [0.717, 1.165) is 19.3 Å². The Kier molecular flexibility index (Phi) is 16.5. The summed E-state index contributed by atoms with van der Waals surface area (Å²) in [5.41, 5.74) is 0. The van der Waals surface area contributed by atoms with E-state index in [0.29, 0.717) is 6.42 Å². The molecular weight excluding hydrogens is 310 g/mol. The standard InChI is InChI=1S/C22H39NO2/c1-4-5-6-7-8-9-10-11-12-13-14-15-16-17-18-19-22(25)23-20(2)21(3)24/h8-11,20H,4-7,12-19H2,1-3H3,(H,23,25)/b9-8-,11-10+. The van der Waals surface area contributed by atoms with Crippen molar-refractivity contribution in [3.63, 3.8) is 0 Å². The van der Waals surface area contributed by atoms with Gasteiger partial charge < -0.3 is 5.32 Å². The molecule has 0 radical (unpaired) electrons. The van der Waals surface area contributed by atoms with E-state index in [9.17, 15) is 9.59 Å². The fourth-order valence-electron chi connectivity index (χ4n) is 2.53. The molecule has 0 saturated carbocycles. The van der Waals surface area contributed by atoms with Gasteiger partial charge in [-0.05, 0) is 46.0 Å². The Balaban J connectivity index is 3.36. The van der Waals surface area contributed by atoms with E-state index >= 15 is 0 Å². The first-order chi connectivity index (χ1) is 12.1. The van der Waals surface area contributed by atoms with Gasteiger partial charge >= 0.3 is 0 Å². The third-order valence-corrected chi connectivity index (χ3v) is 4.37. The monoisotopic (exact) mass is 349 g/mol. The Labute approximate surface area is 155 Å². The van der Waals surface area contributed by atoms with Crippen molar-refractivity contribution >= 4 is 11.7 Å². The second-order valence-corrected chi connectivity index (χ2v) is 6.91. The summed E-state index contributed by atoms with van der Waals surface area (Å²) in [4.78, 5) is 22.7. The molecule has 0 bridgehead atoms. The predicted octanol–water partition coefficient (Wildman–Crippen LogP) is 5.89. The van der Waals surface area contributed by atoms with E-state index in [1.165, 1.54) is 58.3 Å². The zero-order valence-electron chi connectivity index (χ0n) is 16.7. The van der Waals surface area contributed by atoms with Gasteiger partial charge in [-0.25, -0.2) is 0 Å². The number of Topliss-reactive ketones (excluding diaryl/α,β-unsaturated/α-hetero) is 1. The molecule has 3 heteroatoms. The smallest absolute Gasteiger partial charge is 0.220 e. The lowest BCUT2D eigenvalue weighted by molar-refractivity contribution is -0.126. The summed E-state index contributed by atoms with van der Waals surface area (Å²) in [6.45, 7) is 5.47. The minimum Gasteiger partial charge on any atom is -0.347 e. The van der Waals surface area contributed by atoms with Crippen LogP contribution in [0, 0.1) is 0 Å². The lowest BCUT2D eigenvalue weighted by Crippen LogP contribution is -2.37. The highest BCUT2D eigenvalue weighted by atomic mass is 16.2. The van der Waals surface area contributed by atoms with Crippen LogP contribution in [0.15, 0.2) is 24.3 Å². The molecule has 0 aliphatic carbocycles. The Bertz CT molecular complexity index is 399. The fraction of sp³-hybridized carbons (Fsp3) is 0.727. The van der Waals surface area contributed by atoms with Crippen molar-refractivity contribution in [3.05, 3.63) is 24.3 Å². The van der Waals surface area contributed by atoms with Gasteiger partial charge in [0, 0.05) is 6.42 Å². The molecule has 3 nitrogen and oxygen atoms in total. The van der Waals surface area contributed by atoms with E-state index in [1.54, 1.807) is 6.92 Å². The second kappa shape index (κ2) is 17.4. The number of carbonyl (C=O) groups excluding carboxylic acids is 2. The average Bonchev–Trinajstić information content (AvgIpc) is 2.58. The number of amides is 1. The summed E-state index contributed by atoms with van der Waals surface area (Å²) in [6, 6.07) is -0.355. The van der Waals surface area contributed by atoms with Gasteiger partial charge in [0.1, 0.15) is 0 Å². The molecule has 1 atom stereocenters.